The Balaban J connectivity index is 2.88. The van der Waals surface area contributed by atoms with E-state index in [2.05, 4.69) is 9.97 Å². The van der Waals surface area contributed by atoms with Gasteiger partial charge in [-0.25, -0.2) is 0 Å². The van der Waals surface area contributed by atoms with Gasteiger partial charge < -0.3 is 20.4 Å². The lowest BCUT2D eigenvalue weighted by Crippen LogP contribution is -2.28. The second kappa shape index (κ2) is 3.16. The van der Waals surface area contributed by atoms with Crippen LogP contribution in [0, 0.1) is 0 Å². The standard InChI is InChI=1S/C9H9N3O3/c1-15-7-3-6-5(2-4(7)10)11-8(13)9(14)12-6/h2-3H,10H2,1H3,(H,11,13)(H,12,14). The third kappa shape index (κ3) is 1.45. The fourth-order valence-electron chi connectivity index (χ4n) is 1.34. The number of nitrogen functional groups attached to an aromatic ring is 1. The van der Waals surface area contributed by atoms with Crippen molar-refractivity contribution >= 4 is 16.7 Å². The molecule has 2 aromatic rings. The minimum atomic E-state index is -0.702. The van der Waals surface area contributed by atoms with Crippen molar-refractivity contribution in [2.75, 3.05) is 12.8 Å². The molecule has 6 nitrogen and oxygen atoms in total. The van der Waals surface area contributed by atoms with Gasteiger partial charge in [-0.3, -0.25) is 9.59 Å². The number of hydrogen-bond acceptors (Lipinski definition) is 4. The lowest BCUT2D eigenvalue weighted by atomic mass is 10.2. The normalized spacial score (nSPS) is 10.5. The number of nitrogens with one attached hydrogen (secondary N) is 2. The van der Waals surface area contributed by atoms with E-state index in [1.807, 2.05) is 0 Å². The van der Waals surface area contributed by atoms with Crippen molar-refractivity contribution in [3.05, 3.63) is 32.8 Å². The molecule has 15 heavy (non-hydrogen) atoms. The minimum absolute atomic E-state index is 0.396. The van der Waals surface area contributed by atoms with Gasteiger partial charge in [-0.15, -0.1) is 0 Å². The zero-order chi connectivity index (χ0) is 11.0. The molecule has 6 heteroatoms. The predicted molar refractivity (Wildman–Crippen MR) is 56.2 cm³/mol. The lowest BCUT2D eigenvalue weighted by Gasteiger charge is -2.05. The van der Waals surface area contributed by atoms with Crippen molar-refractivity contribution in [2.45, 2.75) is 0 Å². The van der Waals surface area contributed by atoms with Crippen molar-refractivity contribution in [1.82, 2.24) is 9.97 Å². The van der Waals surface area contributed by atoms with Crippen LogP contribution in [0.15, 0.2) is 21.7 Å². The van der Waals surface area contributed by atoms with Gasteiger partial charge in [-0.2, -0.15) is 0 Å². The summed E-state index contributed by atoms with van der Waals surface area (Å²) in [5.74, 6) is 0.449. The van der Waals surface area contributed by atoms with Gasteiger partial charge in [0.05, 0.1) is 23.8 Å². The Labute approximate surface area is 83.7 Å². The number of anilines is 1. The molecule has 0 amide bonds. The van der Waals surface area contributed by atoms with Gasteiger partial charge in [0, 0.05) is 6.07 Å². The zero-order valence-electron chi connectivity index (χ0n) is 7.96. The fourth-order valence-corrected chi connectivity index (χ4v) is 1.34. The van der Waals surface area contributed by atoms with Crippen LogP contribution >= 0.6 is 0 Å². The van der Waals surface area contributed by atoms with Crippen LogP contribution < -0.4 is 21.6 Å². The van der Waals surface area contributed by atoms with Crippen LogP contribution in [-0.2, 0) is 0 Å². The molecule has 4 N–H and O–H groups in total. The van der Waals surface area contributed by atoms with E-state index in [9.17, 15) is 9.59 Å². The first kappa shape index (κ1) is 9.32. The van der Waals surface area contributed by atoms with Gasteiger partial charge >= 0.3 is 11.1 Å². The number of nitrogens with two attached hydrogens (primary N) is 1. The Morgan fingerprint density at radius 2 is 1.67 bits per heavy atom. The Morgan fingerprint density at radius 3 is 2.20 bits per heavy atom. The molecule has 78 valence electrons. The third-order valence-electron chi connectivity index (χ3n) is 2.07. The molecule has 0 aliphatic carbocycles. The molecule has 0 saturated carbocycles. The fraction of sp³-hybridized carbons (Fsp3) is 0.111. The number of hydrogen-bond donors (Lipinski definition) is 3. The van der Waals surface area contributed by atoms with Gasteiger partial charge in [0.25, 0.3) is 0 Å². The van der Waals surface area contributed by atoms with Gasteiger partial charge in [0.2, 0.25) is 0 Å². The molecule has 0 radical (unpaired) electrons. The Morgan fingerprint density at radius 1 is 1.13 bits per heavy atom. The molecule has 0 aliphatic heterocycles. The predicted octanol–water partition coefficient (Wildman–Crippen LogP) is -0.193. The molecule has 0 bridgehead atoms. The highest BCUT2D eigenvalue weighted by Gasteiger charge is 2.04. The van der Waals surface area contributed by atoms with Crippen molar-refractivity contribution in [3.63, 3.8) is 0 Å². The Hall–Kier alpha value is -2.24. The number of benzene rings is 1. The summed E-state index contributed by atoms with van der Waals surface area (Å²) in [5, 5.41) is 0. The number of rotatable bonds is 1. The summed E-state index contributed by atoms with van der Waals surface area (Å²) < 4.78 is 4.98. The van der Waals surface area contributed by atoms with Gasteiger partial charge in [0.1, 0.15) is 5.75 Å². The summed E-state index contributed by atoms with van der Waals surface area (Å²) in [6.07, 6.45) is 0. The molecule has 2 rings (SSSR count). The first-order valence-corrected chi connectivity index (χ1v) is 4.21. The van der Waals surface area contributed by atoms with E-state index >= 15 is 0 Å². The quantitative estimate of drug-likeness (QED) is 0.445. The smallest absolute Gasteiger partial charge is 0.314 e. The highest BCUT2D eigenvalue weighted by molar-refractivity contribution is 5.81. The Bertz CT molecular complexity index is 627. The van der Waals surface area contributed by atoms with Crippen LogP contribution in [0.1, 0.15) is 0 Å². The molecule has 0 spiro atoms. The first-order valence-electron chi connectivity index (χ1n) is 4.21. The SMILES string of the molecule is COc1cc2[nH]c(=O)c(=O)[nH]c2cc1N. The van der Waals surface area contributed by atoms with Crippen LogP contribution in [0.4, 0.5) is 5.69 Å². The molecular formula is C9H9N3O3. The number of ether oxygens (including phenoxy) is 1. The van der Waals surface area contributed by atoms with Crippen LogP contribution in [-0.4, -0.2) is 17.1 Å². The largest absolute Gasteiger partial charge is 0.495 e. The zero-order valence-corrected chi connectivity index (χ0v) is 7.96. The summed E-state index contributed by atoms with van der Waals surface area (Å²) in [7, 11) is 1.47. The second-order valence-electron chi connectivity index (χ2n) is 3.05. The van der Waals surface area contributed by atoms with E-state index in [1.165, 1.54) is 13.2 Å². The maximum Gasteiger partial charge on any atom is 0.314 e. The van der Waals surface area contributed by atoms with E-state index in [0.29, 0.717) is 22.5 Å². The highest BCUT2D eigenvalue weighted by atomic mass is 16.5. The van der Waals surface area contributed by atoms with Gasteiger partial charge in [0.15, 0.2) is 0 Å². The highest BCUT2D eigenvalue weighted by Crippen LogP contribution is 2.24. The Kier molecular flexibility index (Phi) is 1.96. The molecule has 0 unspecified atom stereocenters. The molecule has 1 heterocycles. The van der Waals surface area contributed by atoms with E-state index in [1.54, 1.807) is 6.07 Å². The first-order chi connectivity index (χ1) is 7.11. The summed E-state index contributed by atoms with van der Waals surface area (Å²) >= 11 is 0. The monoisotopic (exact) mass is 207 g/mol. The van der Waals surface area contributed by atoms with E-state index in [4.69, 9.17) is 10.5 Å². The summed E-state index contributed by atoms with van der Waals surface area (Å²) in [6.45, 7) is 0. The van der Waals surface area contributed by atoms with Crippen LogP contribution in [0.5, 0.6) is 5.75 Å². The van der Waals surface area contributed by atoms with Crippen molar-refractivity contribution < 1.29 is 4.74 Å². The maximum absolute atomic E-state index is 11.0. The summed E-state index contributed by atoms with van der Waals surface area (Å²) in [6, 6.07) is 3.09. The second-order valence-corrected chi connectivity index (χ2v) is 3.05. The van der Waals surface area contributed by atoms with Crippen molar-refractivity contribution in [2.24, 2.45) is 0 Å². The van der Waals surface area contributed by atoms with Crippen LogP contribution in [0.3, 0.4) is 0 Å². The molecular weight excluding hydrogens is 198 g/mol. The summed E-state index contributed by atoms with van der Waals surface area (Å²) in [4.78, 5) is 26.9. The van der Waals surface area contributed by atoms with E-state index in [0.717, 1.165) is 0 Å². The molecule has 0 fully saturated rings. The lowest BCUT2D eigenvalue weighted by molar-refractivity contribution is 0.417. The number of fused-ring (bicyclic) bond motifs is 1. The maximum atomic E-state index is 11.0. The average Bonchev–Trinajstić information content (AvgIpc) is 2.20. The average molecular weight is 207 g/mol. The van der Waals surface area contributed by atoms with Crippen molar-refractivity contribution in [1.29, 1.82) is 0 Å². The summed E-state index contributed by atoms with van der Waals surface area (Å²) in [5.41, 5.74) is 5.59. The molecule has 1 aromatic heterocycles. The number of aromatic amines is 2. The van der Waals surface area contributed by atoms with Crippen LogP contribution in [0.2, 0.25) is 0 Å². The topological polar surface area (TPSA) is 101 Å². The molecule has 0 atom stereocenters. The minimum Gasteiger partial charge on any atom is -0.495 e. The van der Waals surface area contributed by atoms with Gasteiger partial charge in [-0.05, 0) is 6.07 Å². The van der Waals surface area contributed by atoms with Gasteiger partial charge in [-0.1, -0.05) is 0 Å². The van der Waals surface area contributed by atoms with E-state index in [-0.39, 0.29) is 0 Å². The third-order valence-corrected chi connectivity index (χ3v) is 2.07. The number of aromatic nitrogens is 2. The molecule has 1 aromatic carbocycles. The molecule has 0 saturated heterocycles. The number of methoxy groups -OCH3 is 1. The van der Waals surface area contributed by atoms with E-state index < -0.39 is 11.1 Å². The van der Waals surface area contributed by atoms with Crippen molar-refractivity contribution in [3.8, 4) is 5.75 Å². The van der Waals surface area contributed by atoms with Crippen LogP contribution in [0.25, 0.3) is 11.0 Å². The molecule has 0 aliphatic rings. The number of H-pyrrole nitrogens is 2.